The summed E-state index contributed by atoms with van der Waals surface area (Å²) in [7, 11) is 0. The number of fused-ring (bicyclic) bond motifs is 1. The summed E-state index contributed by atoms with van der Waals surface area (Å²) in [5, 5.41) is 2.74. The van der Waals surface area contributed by atoms with Gasteiger partial charge in [-0.15, -0.1) is 11.3 Å². The van der Waals surface area contributed by atoms with Gasteiger partial charge in [-0.3, -0.25) is 4.79 Å². The highest BCUT2D eigenvalue weighted by atomic mass is 32.1. The van der Waals surface area contributed by atoms with Crippen LogP contribution in [0, 0.1) is 6.92 Å². The van der Waals surface area contributed by atoms with Crippen molar-refractivity contribution in [3.8, 4) is 5.19 Å². The number of rotatable bonds is 4. The zero-order valence-electron chi connectivity index (χ0n) is 14.6. The summed E-state index contributed by atoms with van der Waals surface area (Å²) in [6.07, 6.45) is 5.37. The van der Waals surface area contributed by atoms with E-state index in [2.05, 4.69) is 24.0 Å². The van der Waals surface area contributed by atoms with Crippen LogP contribution in [0.1, 0.15) is 23.3 Å². The monoisotopic (exact) mass is 384 g/mol. The predicted molar refractivity (Wildman–Crippen MR) is 108 cm³/mol. The number of likely N-dealkylation sites (tertiary alicyclic amines) is 1. The van der Waals surface area contributed by atoms with Crippen LogP contribution in [0.15, 0.2) is 41.8 Å². The first-order valence-electron chi connectivity index (χ1n) is 8.72. The van der Waals surface area contributed by atoms with Crippen LogP contribution in [0.3, 0.4) is 0 Å². The van der Waals surface area contributed by atoms with E-state index >= 15 is 0 Å². The molecule has 0 saturated carbocycles. The second-order valence-corrected chi connectivity index (χ2v) is 8.37. The summed E-state index contributed by atoms with van der Waals surface area (Å²) in [6, 6.07) is 10.2. The number of para-hydroxylation sites is 1. The van der Waals surface area contributed by atoms with E-state index in [0.717, 1.165) is 46.2 Å². The van der Waals surface area contributed by atoms with E-state index in [-0.39, 0.29) is 12.0 Å². The Morgan fingerprint density at radius 2 is 2.12 bits per heavy atom. The summed E-state index contributed by atoms with van der Waals surface area (Å²) in [4.78, 5) is 19.9. The van der Waals surface area contributed by atoms with E-state index < -0.39 is 0 Å². The highest BCUT2D eigenvalue weighted by molar-refractivity contribution is 7.20. The van der Waals surface area contributed by atoms with Crippen LogP contribution in [0.25, 0.3) is 16.3 Å². The molecule has 3 heterocycles. The molecule has 1 aliphatic heterocycles. The van der Waals surface area contributed by atoms with Gasteiger partial charge in [-0.2, -0.15) is 0 Å². The van der Waals surface area contributed by atoms with Crippen molar-refractivity contribution in [2.45, 2.75) is 25.9 Å². The molecule has 0 radical (unpaired) electrons. The number of carbonyl (C=O) groups is 1. The first kappa shape index (κ1) is 17.2. The van der Waals surface area contributed by atoms with Crippen molar-refractivity contribution in [3.63, 3.8) is 0 Å². The third-order valence-electron chi connectivity index (χ3n) is 4.56. The van der Waals surface area contributed by atoms with E-state index in [4.69, 9.17) is 4.74 Å². The number of ether oxygens (including phenoxy) is 1. The number of amides is 1. The van der Waals surface area contributed by atoms with Crippen molar-refractivity contribution in [2.75, 3.05) is 13.1 Å². The van der Waals surface area contributed by atoms with Crippen LogP contribution < -0.4 is 4.74 Å². The predicted octanol–water partition coefficient (Wildman–Crippen LogP) is 4.75. The van der Waals surface area contributed by atoms with Gasteiger partial charge in [-0.05, 0) is 36.1 Å². The minimum absolute atomic E-state index is 0.0764. The summed E-state index contributed by atoms with van der Waals surface area (Å²) >= 11 is 3.23. The average molecular weight is 385 g/mol. The molecule has 2 aromatic heterocycles. The molecule has 26 heavy (non-hydrogen) atoms. The van der Waals surface area contributed by atoms with Crippen molar-refractivity contribution < 1.29 is 9.53 Å². The van der Waals surface area contributed by atoms with Gasteiger partial charge < -0.3 is 9.64 Å². The fourth-order valence-electron chi connectivity index (χ4n) is 3.10. The Hall–Kier alpha value is -2.18. The average Bonchev–Trinajstić information content (AvgIpc) is 3.30. The molecule has 0 unspecified atom stereocenters. The number of hydrogen-bond donors (Lipinski definition) is 0. The van der Waals surface area contributed by atoms with Crippen LogP contribution in [-0.2, 0) is 4.79 Å². The first-order valence-corrected chi connectivity index (χ1v) is 10.4. The molecule has 4 nitrogen and oxygen atoms in total. The lowest BCUT2D eigenvalue weighted by Crippen LogP contribution is -2.41. The van der Waals surface area contributed by atoms with E-state index in [1.807, 2.05) is 34.6 Å². The van der Waals surface area contributed by atoms with Crippen LogP contribution in [0.2, 0.25) is 0 Å². The SMILES string of the molecule is Cc1cccc2sc(OC3CCN(C(=O)/C=C/c4cccs4)CC3)nc12. The lowest BCUT2D eigenvalue weighted by molar-refractivity contribution is -0.127. The third-order valence-corrected chi connectivity index (χ3v) is 6.30. The number of thiophene rings is 1. The van der Waals surface area contributed by atoms with Crippen LogP contribution >= 0.6 is 22.7 Å². The normalized spacial score (nSPS) is 15.8. The zero-order chi connectivity index (χ0) is 17.9. The maximum absolute atomic E-state index is 12.3. The van der Waals surface area contributed by atoms with E-state index in [9.17, 15) is 4.79 Å². The summed E-state index contributed by atoms with van der Waals surface area (Å²) in [6.45, 7) is 3.52. The number of carbonyl (C=O) groups excluding carboxylic acids is 1. The van der Waals surface area contributed by atoms with Crippen molar-refractivity contribution in [1.82, 2.24) is 9.88 Å². The Bertz CT molecular complexity index is 923. The number of hydrogen-bond acceptors (Lipinski definition) is 5. The maximum Gasteiger partial charge on any atom is 0.274 e. The number of benzene rings is 1. The Labute approximate surface area is 160 Å². The lowest BCUT2D eigenvalue weighted by Gasteiger charge is -2.30. The molecule has 0 atom stereocenters. The van der Waals surface area contributed by atoms with Gasteiger partial charge in [0.25, 0.3) is 5.19 Å². The zero-order valence-corrected chi connectivity index (χ0v) is 16.2. The smallest absolute Gasteiger partial charge is 0.274 e. The second-order valence-electron chi connectivity index (χ2n) is 6.39. The number of aryl methyl sites for hydroxylation is 1. The highest BCUT2D eigenvalue weighted by Gasteiger charge is 2.23. The van der Waals surface area contributed by atoms with Gasteiger partial charge in [-0.1, -0.05) is 29.5 Å². The first-order chi connectivity index (χ1) is 12.7. The topological polar surface area (TPSA) is 42.4 Å². The van der Waals surface area contributed by atoms with Crippen molar-refractivity contribution >= 4 is 44.9 Å². The molecule has 1 aliphatic rings. The van der Waals surface area contributed by atoms with E-state index in [1.165, 1.54) is 5.56 Å². The Balaban J connectivity index is 1.33. The third kappa shape index (κ3) is 3.81. The van der Waals surface area contributed by atoms with Crippen molar-refractivity contribution in [1.29, 1.82) is 0 Å². The van der Waals surface area contributed by atoms with E-state index in [0.29, 0.717) is 0 Å². The van der Waals surface area contributed by atoms with Crippen LogP contribution in [0.5, 0.6) is 5.19 Å². The van der Waals surface area contributed by atoms with Crippen LogP contribution in [0.4, 0.5) is 0 Å². The molecule has 0 N–H and O–H groups in total. The molecule has 4 rings (SSSR count). The number of aromatic nitrogens is 1. The lowest BCUT2D eigenvalue weighted by atomic mass is 10.1. The van der Waals surface area contributed by atoms with Crippen molar-refractivity contribution in [3.05, 3.63) is 52.2 Å². The summed E-state index contributed by atoms with van der Waals surface area (Å²) in [5.74, 6) is 0.0764. The molecule has 0 aliphatic carbocycles. The summed E-state index contributed by atoms with van der Waals surface area (Å²) < 4.78 is 7.25. The maximum atomic E-state index is 12.3. The quantitative estimate of drug-likeness (QED) is 0.610. The van der Waals surface area contributed by atoms with Gasteiger partial charge in [0.1, 0.15) is 6.10 Å². The van der Waals surface area contributed by atoms with Crippen molar-refractivity contribution in [2.24, 2.45) is 0 Å². The molecule has 0 bridgehead atoms. The molecule has 0 spiro atoms. The minimum atomic E-state index is 0.0764. The van der Waals surface area contributed by atoms with E-state index in [1.54, 1.807) is 28.7 Å². The number of piperidine rings is 1. The molecule has 6 heteroatoms. The number of nitrogens with zero attached hydrogens (tertiary/aromatic N) is 2. The van der Waals surface area contributed by atoms with Gasteiger partial charge in [0, 0.05) is 36.9 Å². The molecular formula is C20H20N2O2S2. The minimum Gasteiger partial charge on any atom is -0.467 e. The standard InChI is InChI=1S/C20H20N2O2S2/c1-14-4-2-6-17-19(14)21-20(26-17)24-15-9-11-22(12-10-15)18(23)8-7-16-5-3-13-25-16/h2-8,13,15H,9-12H2,1H3/b8-7+. The molecule has 1 saturated heterocycles. The second kappa shape index (κ2) is 7.60. The molecule has 1 aromatic carbocycles. The molecule has 134 valence electrons. The molecule has 1 amide bonds. The Kier molecular flexibility index (Phi) is 5.04. The van der Waals surface area contributed by atoms with Gasteiger partial charge >= 0.3 is 0 Å². The summed E-state index contributed by atoms with van der Waals surface area (Å²) in [5.41, 5.74) is 2.20. The molecular weight excluding hydrogens is 364 g/mol. The molecule has 3 aromatic rings. The van der Waals surface area contributed by atoms with Gasteiger partial charge in [0.05, 0.1) is 10.2 Å². The largest absolute Gasteiger partial charge is 0.467 e. The van der Waals surface area contributed by atoms with Gasteiger partial charge in [0.15, 0.2) is 0 Å². The molecule has 1 fully saturated rings. The number of thiazole rings is 1. The fraction of sp³-hybridized carbons (Fsp3) is 0.300. The van der Waals surface area contributed by atoms with Crippen LogP contribution in [-0.4, -0.2) is 35.0 Å². The Morgan fingerprint density at radius 1 is 1.27 bits per heavy atom. The Morgan fingerprint density at radius 3 is 2.85 bits per heavy atom. The van der Waals surface area contributed by atoms with Gasteiger partial charge in [-0.25, -0.2) is 4.98 Å². The highest BCUT2D eigenvalue weighted by Crippen LogP contribution is 2.31. The fourth-order valence-corrected chi connectivity index (χ4v) is 4.67. The van der Waals surface area contributed by atoms with Gasteiger partial charge in [0.2, 0.25) is 5.91 Å².